The molecular weight excluding hydrogens is 288 g/mol. The molecule has 1 aliphatic heterocycles. The van der Waals surface area contributed by atoms with Gasteiger partial charge in [-0.1, -0.05) is 17.7 Å². The van der Waals surface area contributed by atoms with Crippen molar-refractivity contribution < 1.29 is 9.53 Å². The van der Waals surface area contributed by atoms with Crippen molar-refractivity contribution in [2.75, 3.05) is 20.2 Å². The van der Waals surface area contributed by atoms with Crippen LogP contribution in [0.15, 0.2) is 18.2 Å². The molecule has 1 heterocycles. The van der Waals surface area contributed by atoms with E-state index in [0.717, 1.165) is 37.2 Å². The lowest BCUT2D eigenvalue weighted by molar-refractivity contribution is -0.126. The molecule has 118 valence electrons. The van der Waals surface area contributed by atoms with Gasteiger partial charge in [0.05, 0.1) is 13.2 Å². The van der Waals surface area contributed by atoms with Crippen molar-refractivity contribution in [3.05, 3.63) is 29.3 Å². The number of carbonyl (C=O) groups is 1. The summed E-state index contributed by atoms with van der Waals surface area (Å²) in [5, 5.41) is 6.40. The zero-order chi connectivity index (χ0) is 14.5. The van der Waals surface area contributed by atoms with E-state index in [2.05, 4.69) is 16.7 Å². The molecular formula is C16H25ClN2O2. The highest BCUT2D eigenvalue weighted by molar-refractivity contribution is 5.85. The molecule has 1 saturated heterocycles. The molecule has 0 bridgehead atoms. The van der Waals surface area contributed by atoms with E-state index in [1.54, 1.807) is 7.11 Å². The summed E-state index contributed by atoms with van der Waals surface area (Å²) in [4.78, 5) is 12.3. The van der Waals surface area contributed by atoms with Crippen LogP contribution in [-0.2, 0) is 4.79 Å². The number of nitrogens with one attached hydrogen (secondary N) is 2. The Morgan fingerprint density at radius 1 is 1.38 bits per heavy atom. The molecule has 0 saturated carbocycles. The number of halogens is 1. The molecule has 4 nitrogen and oxygen atoms in total. The third kappa shape index (κ3) is 4.61. The highest BCUT2D eigenvalue weighted by Gasteiger charge is 2.23. The van der Waals surface area contributed by atoms with Gasteiger partial charge in [-0.2, -0.15) is 0 Å². The third-order valence-corrected chi connectivity index (χ3v) is 3.92. The van der Waals surface area contributed by atoms with Crippen LogP contribution in [0.4, 0.5) is 0 Å². The summed E-state index contributed by atoms with van der Waals surface area (Å²) in [7, 11) is 1.66. The van der Waals surface area contributed by atoms with Gasteiger partial charge in [-0.05, 0) is 45.8 Å². The van der Waals surface area contributed by atoms with Crippen molar-refractivity contribution in [1.82, 2.24) is 10.6 Å². The number of hydrogen-bond donors (Lipinski definition) is 2. The Labute approximate surface area is 133 Å². The predicted molar refractivity (Wildman–Crippen MR) is 87.1 cm³/mol. The van der Waals surface area contributed by atoms with Gasteiger partial charge in [0.1, 0.15) is 5.75 Å². The minimum Gasteiger partial charge on any atom is -0.496 e. The van der Waals surface area contributed by atoms with Crippen molar-refractivity contribution in [1.29, 1.82) is 0 Å². The number of piperidine rings is 1. The fourth-order valence-corrected chi connectivity index (χ4v) is 2.69. The Kier molecular flexibility index (Phi) is 6.99. The van der Waals surface area contributed by atoms with Crippen LogP contribution in [0.2, 0.25) is 0 Å². The summed E-state index contributed by atoms with van der Waals surface area (Å²) >= 11 is 0. The van der Waals surface area contributed by atoms with E-state index in [9.17, 15) is 4.79 Å². The van der Waals surface area contributed by atoms with Gasteiger partial charge in [0.25, 0.3) is 0 Å². The second kappa shape index (κ2) is 8.25. The Morgan fingerprint density at radius 2 is 2.05 bits per heavy atom. The molecule has 21 heavy (non-hydrogen) atoms. The number of aryl methyl sites for hydroxylation is 1. The Morgan fingerprint density at radius 3 is 2.67 bits per heavy atom. The molecule has 1 aromatic carbocycles. The van der Waals surface area contributed by atoms with Crippen LogP contribution < -0.4 is 15.4 Å². The minimum atomic E-state index is -0.0350. The van der Waals surface area contributed by atoms with E-state index in [0.29, 0.717) is 0 Å². The van der Waals surface area contributed by atoms with Crippen LogP contribution in [0.3, 0.4) is 0 Å². The van der Waals surface area contributed by atoms with Crippen LogP contribution in [0.25, 0.3) is 0 Å². The van der Waals surface area contributed by atoms with Gasteiger partial charge >= 0.3 is 0 Å². The molecule has 0 aromatic heterocycles. The highest BCUT2D eigenvalue weighted by atomic mass is 35.5. The lowest BCUT2D eigenvalue weighted by Gasteiger charge is -2.25. The first-order valence-electron chi connectivity index (χ1n) is 7.27. The summed E-state index contributed by atoms with van der Waals surface area (Å²) in [6, 6.07) is 6.01. The molecule has 2 N–H and O–H groups in total. The van der Waals surface area contributed by atoms with E-state index in [1.165, 1.54) is 5.56 Å². The van der Waals surface area contributed by atoms with Crippen LogP contribution in [0, 0.1) is 12.8 Å². The molecule has 0 radical (unpaired) electrons. The molecule has 1 atom stereocenters. The van der Waals surface area contributed by atoms with E-state index < -0.39 is 0 Å². The van der Waals surface area contributed by atoms with E-state index in [4.69, 9.17) is 4.74 Å². The van der Waals surface area contributed by atoms with Crippen LogP contribution in [-0.4, -0.2) is 26.1 Å². The second-order valence-electron chi connectivity index (χ2n) is 5.50. The quantitative estimate of drug-likeness (QED) is 0.898. The molecule has 1 unspecified atom stereocenters. The zero-order valence-electron chi connectivity index (χ0n) is 12.9. The summed E-state index contributed by atoms with van der Waals surface area (Å²) in [5.74, 6) is 1.12. The molecule has 2 rings (SSSR count). The van der Waals surface area contributed by atoms with Crippen molar-refractivity contribution in [3.8, 4) is 5.75 Å². The average Bonchev–Trinajstić information content (AvgIpc) is 2.48. The maximum Gasteiger partial charge on any atom is 0.223 e. The van der Waals surface area contributed by atoms with E-state index in [-0.39, 0.29) is 30.3 Å². The first-order valence-corrected chi connectivity index (χ1v) is 7.27. The number of hydrogen-bond acceptors (Lipinski definition) is 3. The molecule has 1 amide bonds. The maximum absolute atomic E-state index is 12.3. The lowest BCUT2D eigenvalue weighted by atomic mass is 9.96. The Balaban J connectivity index is 0.00000220. The summed E-state index contributed by atoms with van der Waals surface area (Å²) < 4.78 is 5.39. The minimum absolute atomic E-state index is 0. The van der Waals surface area contributed by atoms with E-state index >= 15 is 0 Å². The lowest BCUT2D eigenvalue weighted by Crippen LogP contribution is -2.39. The summed E-state index contributed by atoms with van der Waals surface area (Å²) in [5.41, 5.74) is 2.21. The summed E-state index contributed by atoms with van der Waals surface area (Å²) in [6.07, 6.45) is 1.84. The van der Waals surface area contributed by atoms with Gasteiger partial charge < -0.3 is 15.4 Å². The Bertz CT molecular complexity index is 473. The average molecular weight is 313 g/mol. The molecule has 1 aromatic rings. The number of amides is 1. The standard InChI is InChI=1S/C16H24N2O2.ClH/c1-11-4-5-15(20-3)14(10-11)12(2)18-16(19)13-6-8-17-9-7-13;/h4-5,10,12-13,17H,6-9H2,1-3H3,(H,18,19);1H. The summed E-state index contributed by atoms with van der Waals surface area (Å²) in [6.45, 7) is 5.92. The normalized spacial score (nSPS) is 16.7. The molecule has 1 fully saturated rings. The van der Waals surface area contributed by atoms with Gasteiger partial charge in [0.2, 0.25) is 5.91 Å². The maximum atomic E-state index is 12.3. The number of methoxy groups -OCH3 is 1. The van der Waals surface area contributed by atoms with E-state index in [1.807, 2.05) is 26.0 Å². The third-order valence-electron chi connectivity index (χ3n) is 3.92. The molecule has 0 spiro atoms. The number of carbonyl (C=O) groups excluding carboxylic acids is 1. The predicted octanol–water partition coefficient (Wildman–Crippen LogP) is 2.60. The van der Waals surface area contributed by atoms with Crippen molar-refractivity contribution in [3.63, 3.8) is 0 Å². The fraction of sp³-hybridized carbons (Fsp3) is 0.562. The fourth-order valence-electron chi connectivity index (χ4n) is 2.69. The van der Waals surface area contributed by atoms with Crippen molar-refractivity contribution >= 4 is 18.3 Å². The van der Waals surface area contributed by atoms with Crippen LogP contribution in [0.5, 0.6) is 5.75 Å². The highest BCUT2D eigenvalue weighted by Crippen LogP contribution is 2.26. The smallest absolute Gasteiger partial charge is 0.223 e. The van der Waals surface area contributed by atoms with Gasteiger partial charge in [-0.15, -0.1) is 12.4 Å². The zero-order valence-corrected chi connectivity index (χ0v) is 13.8. The first-order chi connectivity index (χ1) is 9.61. The topological polar surface area (TPSA) is 50.4 Å². The largest absolute Gasteiger partial charge is 0.496 e. The molecule has 5 heteroatoms. The SMILES string of the molecule is COc1ccc(C)cc1C(C)NC(=O)C1CCNCC1.Cl. The monoisotopic (exact) mass is 312 g/mol. The molecule has 1 aliphatic rings. The van der Waals surface area contributed by atoms with Gasteiger partial charge in [0.15, 0.2) is 0 Å². The Hall–Kier alpha value is -1.26. The van der Waals surface area contributed by atoms with Gasteiger partial charge in [-0.25, -0.2) is 0 Å². The van der Waals surface area contributed by atoms with Gasteiger partial charge in [-0.3, -0.25) is 4.79 Å². The first kappa shape index (κ1) is 17.8. The van der Waals surface area contributed by atoms with Gasteiger partial charge in [0, 0.05) is 11.5 Å². The number of ether oxygens (including phenoxy) is 1. The molecule has 0 aliphatic carbocycles. The number of rotatable bonds is 4. The van der Waals surface area contributed by atoms with Crippen LogP contribution in [0.1, 0.15) is 36.9 Å². The second-order valence-corrected chi connectivity index (χ2v) is 5.50. The van der Waals surface area contributed by atoms with Crippen molar-refractivity contribution in [2.24, 2.45) is 5.92 Å². The van der Waals surface area contributed by atoms with Crippen molar-refractivity contribution in [2.45, 2.75) is 32.7 Å². The number of benzene rings is 1. The van der Waals surface area contributed by atoms with Crippen LogP contribution >= 0.6 is 12.4 Å².